The maximum Gasteiger partial charge on any atom is 0.257 e. The van der Waals surface area contributed by atoms with Crippen molar-refractivity contribution in [2.75, 3.05) is 13.1 Å². The van der Waals surface area contributed by atoms with Gasteiger partial charge in [-0.3, -0.25) is 14.6 Å². The molecule has 0 atom stereocenters. The minimum absolute atomic E-state index is 0.0188. The van der Waals surface area contributed by atoms with Crippen molar-refractivity contribution in [3.05, 3.63) is 39.6 Å². The highest BCUT2D eigenvalue weighted by Gasteiger charge is 2.45. The Morgan fingerprint density at radius 3 is 2.72 bits per heavy atom. The second-order valence-electron chi connectivity index (χ2n) is 7.63. The van der Waals surface area contributed by atoms with Gasteiger partial charge in [-0.15, -0.1) is 0 Å². The van der Waals surface area contributed by atoms with Gasteiger partial charge < -0.3 is 4.90 Å². The molecule has 1 saturated heterocycles. The van der Waals surface area contributed by atoms with Crippen molar-refractivity contribution in [3.8, 4) is 5.95 Å². The van der Waals surface area contributed by atoms with Crippen LogP contribution in [0.5, 0.6) is 0 Å². The number of piperidine rings is 1. The van der Waals surface area contributed by atoms with Crippen LogP contribution in [0, 0.1) is 5.41 Å². The summed E-state index contributed by atoms with van der Waals surface area (Å²) in [5.41, 5.74) is 2.65. The first-order chi connectivity index (χ1) is 12.1. The maximum absolute atomic E-state index is 12.7. The molecule has 0 bridgehead atoms. The molecule has 130 valence electrons. The van der Waals surface area contributed by atoms with Crippen LogP contribution in [0.25, 0.3) is 5.95 Å². The molecular weight excluding hydrogens is 318 g/mol. The van der Waals surface area contributed by atoms with Gasteiger partial charge in [-0.25, -0.2) is 9.67 Å². The molecule has 2 fully saturated rings. The number of hydrogen-bond donors (Lipinski definition) is 1. The highest BCUT2D eigenvalue weighted by atomic mass is 16.2. The number of carbonyl (C=O) groups is 1. The van der Waals surface area contributed by atoms with E-state index in [4.69, 9.17) is 0 Å². The summed E-state index contributed by atoms with van der Waals surface area (Å²) in [4.78, 5) is 34.1. The molecule has 25 heavy (non-hydrogen) atoms. The molecule has 3 heterocycles. The normalized spacial score (nSPS) is 20.7. The molecule has 7 nitrogen and oxygen atoms in total. The van der Waals surface area contributed by atoms with Gasteiger partial charge in [0.05, 0.1) is 17.5 Å². The van der Waals surface area contributed by atoms with E-state index in [1.807, 2.05) is 4.90 Å². The Kier molecular flexibility index (Phi) is 3.14. The van der Waals surface area contributed by atoms with Gasteiger partial charge in [0, 0.05) is 24.8 Å². The molecule has 2 aromatic rings. The van der Waals surface area contributed by atoms with E-state index in [1.54, 1.807) is 12.4 Å². The van der Waals surface area contributed by atoms with Crippen LogP contribution in [0.4, 0.5) is 0 Å². The van der Waals surface area contributed by atoms with Crippen molar-refractivity contribution in [1.82, 2.24) is 24.6 Å². The zero-order valence-electron chi connectivity index (χ0n) is 14.1. The van der Waals surface area contributed by atoms with Crippen LogP contribution < -0.4 is 5.56 Å². The fourth-order valence-corrected chi connectivity index (χ4v) is 4.13. The average Bonchev–Trinajstić information content (AvgIpc) is 3.06. The summed E-state index contributed by atoms with van der Waals surface area (Å²) in [5, 5.41) is 4.25. The number of carbonyl (C=O) groups excluding carboxylic acids is 1. The molecular formula is C18H21N5O2. The lowest BCUT2D eigenvalue weighted by atomic mass is 9.93. The monoisotopic (exact) mass is 339 g/mol. The molecule has 1 saturated carbocycles. The molecule has 0 radical (unpaired) electrons. The molecule has 1 spiro atoms. The topological polar surface area (TPSA) is 83.9 Å². The molecule has 7 heteroatoms. The smallest absolute Gasteiger partial charge is 0.257 e. The Balaban J connectivity index is 1.37. The van der Waals surface area contributed by atoms with E-state index in [2.05, 4.69) is 15.1 Å². The summed E-state index contributed by atoms with van der Waals surface area (Å²) in [5.74, 6) is 0.408. The first-order valence-corrected chi connectivity index (χ1v) is 9.10. The minimum atomic E-state index is -0.0911. The van der Waals surface area contributed by atoms with E-state index in [0.717, 1.165) is 56.5 Å². The van der Waals surface area contributed by atoms with Gasteiger partial charge in [-0.05, 0) is 50.4 Å². The van der Waals surface area contributed by atoms with E-state index in [0.29, 0.717) is 16.9 Å². The SMILES string of the molecule is O=C(c1cnn(-c2nc3c(c(=O)[nH]2)CCC3)c1)N1CCC2(CC1)CC2. The Hall–Kier alpha value is -2.44. The summed E-state index contributed by atoms with van der Waals surface area (Å²) < 4.78 is 1.50. The highest BCUT2D eigenvalue weighted by molar-refractivity contribution is 5.93. The lowest BCUT2D eigenvalue weighted by Gasteiger charge is -2.31. The van der Waals surface area contributed by atoms with Gasteiger partial charge in [0.15, 0.2) is 0 Å². The first-order valence-electron chi connectivity index (χ1n) is 9.10. The second-order valence-corrected chi connectivity index (χ2v) is 7.63. The minimum Gasteiger partial charge on any atom is -0.339 e. The Morgan fingerprint density at radius 2 is 1.96 bits per heavy atom. The maximum atomic E-state index is 12.7. The second kappa shape index (κ2) is 5.28. The number of H-pyrrole nitrogens is 1. The van der Waals surface area contributed by atoms with Gasteiger partial charge in [0.25, 0.3) is 11.5 Å². The number of amides is 1. The summed E-state index contributed by atoms with van der Waals surface area (Å²) in [7, 11) is 0. The van der Waals surface area contributed by atoms with Crippen LogP contribution in [-0.2, 0) is 12.8 Å². The molecule has 1 N–H and O–H groups in total. The summed E-state index contributed by atoms with van der Waals surface area (Å²) in [6, 6.07) is 0. The fourth-order valence-electron chi connectivity index (χ4n) is 4.13. The molecule has 1 amide bonds. The van der Waals surface area contributed by atoms with Crippen molar-refractivity contribution >= 4 is 5.91 Å². The first kappa shape index (κ1) is 14.9. The number of rotatable bonds is 2. The van der Waals surface area contributed by atoms with Crippen molar-refractivity contribution in [1.29, 1.82) is 0 Å². The largest absolute Gasteiger partial charge is 0.339 e. The number of aromatic nitrogens is 4. The molecule has 5 rings (SSSR count). The van der Waals surface area contributed by atoms with E-state index in [1.165, 1.54) is 17.5 Å². The third-order valence-electron chi connectivity index (χ3n) is 6.04. The lowest BCUT2D eigenvalue weighted by Crippen LogP contribution is -2.38. The fraction of sp³-hybridized carbons (Fsp3) is 0.556. The number of likely N-dealkylation sites (tertiary alicyclic amines) is 1. The van der Waals surface area contributed by atoms with E-state index < -0.39 is 0 Å². The van der Waals surface area contributed by atoms with Crippen molar-refractivity contribution in [3.63, 3.8) is 0 Å². The van der Waals surface area contributed by atoms with Gasteiger partial charge in [0.1, 0.15) is 0 Å². The number of nitrogens with one attached hydrogen (secondary N) is 1. The molecule has 0 unspecified atom stereocenters. The summed E-state index contributed by atoms with van der Waals surface area (Å²) in [6.45, 7) is 1.66. The lowest BCUT2D eigenvalue weighted by molar-refractivity contribution is 0.0678. The molecule has 2 aromatic heterocycles. The predicted octanol–water partition coefficient (Wildman–Crippen LogP) is 1.46. The van der Waals surface area contributed by atoms with Crippen LogP contribution >= 0.6 is 0 Å². The zero-order valence-corrected chi connectivity index (χ0v) is 14.1. The number of aryl methyl sites for hydroxylation is 1. The average molecular weight is 339 g/mol. The highest BCUT2D eigenvalue weighted by Crippen LogP contribution is 2.53. The summed E-state index contributed by atoms with van der Waals surface area (Å²) in [6.07, 6.45) is 10.7. The van der Waals surface area contributed by atoms with Crippen LogP contribution in [0.2, 0.25) is 0 Å². The van der Waals surface area contributed by atoms with Gasteiger partial charge >= 0.3 is 0 Å². The number of nitrogens with zero attached hydrogens (tertiary/aromatic N) is 4. The van der Waals surface area contributed by atoms with Crippen LogP contribution in [0.15, 0.2) is 17.2 Å². The van der Waals surface area contributed by atoms with Gasteiger partial charge in [-0.2, -0.15) is 5.10 Å². The van der Waals surface area contributed by atoms with E-state index >= 15 is 0 Å². The number of aromatic amines is 1. The Bertz CT molecular complexity index is 898. The Morgan fingerprint density at radius 1 is 1.16 bits per heavy atom. The standard InChI is InChI=1S/C18H21N5O2/c24-15-13-2-1-3-14(13)20-17(21-15)23-11-12(10-19-23)16(25)22-8-6-18(4-5-18)7-9-22/h10-11H,1-9H2,(H,20,21,24). The van der Waals surface area contributed by atoms with Gasteiger partial charge in [0.2, 0.25) is 5.95 Å². The van der Waals surface area contributed by atoms with Gasteiger partial charge in [-0.1, -0.05) is 0 Å². The Labute approximate surface area is 145 Å². The zero-order chi connectivity index (χ0) is 17.0. The van der Waals surface area contributed by atoms with Crippen LogP contribution in [0.3, 0.4) is 0 Å². The van der Waals surface area contributed by atoms with Crippen LogP contribution in [-0.4, -0.2) is 43.6 Å². The molecule has 1 aliphatic heterocycles. The van der Waals surface area contributed by atoms with Crippen molar-refractivity contribution < 1.29 is 4.79 Å². The van der Waals surface area contributed by atoms with Crippen LogP contribution in [0.1, 0.15) is 53.7 Å². The van der Waals surface area contributed by atoms with E-state index in [-0.39, 0.29) is 11.5 Å². The molecule has 3 aliphatic rings. The van der Waals surface area contributed by atoms with Crippen molar-refractivity contribution in [2.24, 2.45) is 5.41 Å². The van der Waals surface area contributed by atoms with Crippen molar-refractivity contribution in [2.45, 2.75) is 44.9 Å². The number of fused-ring (bicyclic) bond motifs is 1. The third-order valence-corrected chi connectivity index (χ3v) is 6.04. The third kappa shape index (κ3) is 2.49. The summed E-state index contributed by atoms with van der Waals surface area (Å²) >= 11 is 0. The molecule has 2 aliphatic carbocycles. The quantitative estimate of drug-likeness (QED) is 0.898. The number of hydrogen-bond acceptors (Lipinski definition) is 4. The molecule has 0 aromatic carbocycles. The predicted molar refractivity (Wildman–Crippen MR) is 90.8 cm³/mol. The van der Waals surface area contributed by atoms with E-state index in [9.17, 15) is 9.59 Å².